The number of nitrogens with zero attached hydrogens (tertiary/aromatic N) is 6. The topological polar surface area (TPSA) is 123 Å². The zero-order chi connectivity index (χ0) is 31.6. The second-order valence-electron chi connectivity index (χ2n) is 12.7. The molecule has 5 heterocycles. The third-order valence-electron chi connectivity index (χ3n) is 8.55. The van der Waals surface area contributed by atoms with E-state index in [4.69, 9.17) is 4.74 Å². The molecule has 0 aromatic carbocycles. The number of carbonyl (C=O) groups is 2. The summed E-state index contributed by atoms with van der Waals surface area (Å²) in [6, 6.07) is 1.72. The summed E-state index contributed by atoms with van der Waals surface area (Å²) in [7, 11) is 0. The maximum atomic E-state index is 14.8. The van der Waals surface area contributed by atoms with E-state index < -0.39 is 29.2 Å². The van der Waals surface area contributed by atoms with Crippen LogP contribution in [0.2, 0.25) is 0 Å². The molecule has 3 unspecified atom stereocenters. The van der Waals surface area contributed by atoms with Crippen molar-refractivity contribution in [1.82, 2.24) is 24.4 Å². The maximum Gasteiger partial charge on any atom is 0.410 e. The van der Waals surface area contributed by atoms with Gasteiger partial charge >= 0.3 is 6.09 Å². The molecular formula is C30H34BrF2N7O4. The number of anilines is 3. The van der Waals surface area contributed by atoms with Crippen molar-refractivity contribution >= 4 is 56.4 Å². The van der Waals surface area contributed by atoms with Crippen molar-refractivity contribution in [2.45, 2.75) is 95.9 Å². The highest BCUT2D eigenvalue weighted by atomic mass is 79.9. The Hall–Kier alpha value is -3.68. The highest BCUT2D eigenvalue weighted by molar-refractivity contribution is 9.10. The van der Waals surface area contributed by atoms with Gasteiger partial charge in [-0.05, 0) is 87.0 Å². The number of hydrogen-bond acceptors (Lipinski definition) is 8. The summed E-state index contributed by atoms with van der Waals surface area (Å²) in [6.45, 7) is 7.50. The van der Waals surface area contributed by atoms with Crippen LogP contribution in [0.3, 0.4) is 0 Å². The molecule has 1 aliphatic carbocycles. The van der Waals surface area contributed by atoms with Crippen molar-refractivity contribution in [2.75, 3.05) is 16.8 Å². The first-order chi connectivity index (χ1) is 20.7. The average molecular weight is 675 g/mol. The number of pyridine rings is 2. The number of amides is 2. The Labute approximate surface area is 261 Å². The first kappa shape index (κ1) is 30.4. The Morgan fingerprint density at radius 3 is 2.52 bits per heavy atom. The van der Waals surface area contributed by atoms with Crippen molar-refractivity contribution in [2.24, 2.45) is 0 Å². The molecule has 1 saturated carbocycles. The highest BCUT2D eigenvalue weighted by Gasteiger charge is 2.47. The standard InChI is InChI=1S/C30H34BrF2N7O4/c1-16-20-14-35-27(37-25(20)40(26(42)24(16)31)21-6-5-11-30(21,32)33)36-22-10-9-18(13-34-22)38-15-19-8-7-17(12-23(38)41)39(19)28(43)44-29(2,3)4/h9-10,13-14,17,19,21H,5-8,11-12,15H2,1-4H3,(H,34,35,36,37). The summed E-state index contributed by atoms with van der Waals surface area (Å²) in [5, 5.41) is 3.48. The van der Waals surface area contributed by atoms with Gasteiger partial charge in [0.15, 0.2) is 0 Å². The lowest BCUT2D eigenvalue weighted by Gasteiger charge is -2.31. The molecule has 44 heavy (non-hydrogen) atoms. The Kier molecular flexibility index (Phi) is 7.61. The van der Waals surface area contributed by atoms with Gasteiger partial charge in [-0.1, -0.05) is 0 Å². The summed E-state index contributed by atoms with van der Waals surface area (Å²) in [6.07, 6.45) is 4.55. The summed E-state index contributed by atoms with van der Waals surface area (Å²) >= 11 is 3.28. The first-order valence-corrected chi connectivity index (χ1v) is 15.5. The fourth-order valence-corrected chi connectivity index (χ4v) is 6.84. The predicted molar refractivity (Wildman–Crippen MR) is 163 cm³/mol. The number of alkyl halides is 2. The van der Waals surface area contributed by atoms with Gasteiger partial charge in [0.2, 0.25) is 11.9 Å². The number of ether oxygens (including phenoxy) is 1. The van der Waals surface area contributed by atoms with E-state index in [-0.39, 0.29) is 53.3 Å². The molecule has 2 saturated heterocycles. The van der Waals surface area contributed by atoms with E-state index in [0.717, 1.165) is 17.4 Å². The van der Waals surface area contributed by atoms with E-state index in [1.165, 1.54) is 6.20 Å². The van der Waals surface area contributed by atoms with Crippen LogP contribution < -0.4 is 15.8 Å². The van der Waals surface area contributed by atoms with Crippen LogP contribution in [0, 0.1) is 6.92 Å². The van der Waals surface area contributed by atoms with Gasteiger partial charge in [-0.25, -0.2) is 23.5 Å². The largest absolute Gasteiger partial charge is 0.444 e. The van der Waals surface area contributed by atoms with Crippen molar-refractivity contribution in [3.05, 3.63) is 44.9 Å². The zero-order valence-corrected chi connectivity index (χ0v) is 26.5. The lowest BCUT2D eigenvalue weighted by atomic mass is 10.1. The van der Waals surface area contributed by atoms with Gasteiger partial charge in [-0.2, -0.15) is 4.98 Å². The third kappa shape index (κ3) is 5.52. The molecule has 2 amide bonds. The van der Waals surface area contributed by atoms with Crippen molar-refractivity contribution in [1.29, 1.82) is 0 Å². The molecule has 3 aromatic rings. The number of nitrogens with one attached hydrogen (secondary N) is 1. The van der Waals surface area contributed by atoms with Crippen LogP contribution in [0.5, 0.6) is 0 Å². The van der Waals surface area contributed by atoms with Crippen molar-refractivity contribution in [3.8, 4) is 0 Å². The molecule has 3 aliphatic rings. The van der Waals surface area contributed by atoms with E-state index in [9.17, 15) is 23.2 Å². The van der Waals surface area contributed by atoms with Crippen LogP contribution in [0.1, 0.15) is 70.9 Å². The predicted octanol–water partition coefficient (Wildman–Crippen LogP) is 5.87. The Morgan fingerprint density at radius 1 is 1.11 bits per heavy atom. The number of hydrogen-bond donors (Lipinski definition) is 1. The van der Waals surface area contributed by atoms with Crippen LogP contribution in [-0.2, 0) is 9.53 Å². The second-order valence-corrected chi connectivity index (χ2v) is 13.5. The minimum absolute atomic E-state index is 0.0881. The van der Waals surface area contributed by atoms with E-state index in [0.29, 0.717) is 35.4 Å². The van der Waals surface area contributed by atoms with Gasteiger partial charge in [0.05, 0.1) is 22.4 Å². The molecule has 3 atom stereocenters. The molecule has 2 aliphatic heterocycles. The van der Waals surface area contributed by atoms with Crippen LogP contribution >= 0.6 is 15.9 Å². The van der Waals surface area contributed by atoms with Crippen LogP contribution in [0.15, 0.2) is 33.8 Å². The Balaban J connectivity index is 1.24. The number of halogens is 3. The molecular weight excluding hydrogens is 640 g/mol. The Bertz CT molecular complexity index is 1690. The van der Waals surface area contributed by atoms with Crippen LogP contribution in [0.25, 0.3) is 11.0 Å². The third-order valence-corrected chi connectivity index (χ3v) is 9.49. The minimum Gasteiger partial charge on any atom is -0.444 e. The van der Waals surface area contributed by atoms with Gasteiger partial charge in [0.1, 0.15) is 23.1 Å². The van der Waals surface area contributed by atoms with Gasteiger partial charge in [-0.3, -0.25) is 19.1 Å². The Morgan fingerprint density at radius 2 is 1.86 bits per heavy atom. The van der Waals surface area contributed by atoms with Gasteiger partial charge in [-0.15, -0.1) is 0 Å². The van der Waals surface area contributed by atoms with E-state index in [1.807, 2.05) is 20.8 Å². The molecule has 1 N–H and O–H groups in total. The number of carbonyl (C=O) groups excluding carboxylic acids is 2. The average Bonchev–Trinajstić information content (AvgIpc) is 3.47. The number of fused-ring (bicyclic) bond motifs is 3. The summed E-state index contributed by atoms with van der Waals surface area (Å²) in [5.74, 6) is -2.68. The van der Waals surface area contributed by atoms with Crippen molar-refractivity contribution in [3.63, 3.8) is 0 Å². The smallest absolute Gasteiger partial charge is 0.410 e. The zero-order valence-electron chi connectivity index (χ0n) is 24.9. The quantitative estimate of drug-likeness (QED) is 0.365. The lowest BCUT2D eigenvalue weighted by molar-refractivity contribution is -0.119. The van der Waals surface area contributed by atoms with E-state index in [1.54, 1.807) is 35.1 Å². The van der Waals surface area contributed by atoms with E-state index >= 15 is 0 Å². The molecule has 0 radical (unpaired) electrons. The second kappa shape index (κ2) is 11.0. The van der Waals surface area contributed by atoms with Gasteiger partial charge in [0.25, 0.3) is 11.5 Å². The fourth-order valence-electron chi connectivity index (χ4n) is 6.44. The molecule has 0 spiro atoms. The number of aromatic nitrogens is 4. The molecule has 11 nitrogen and oxygen atoms in total. The maximum absolute atomic E-state index is 14.8. The summed E-state index contributed by atoms with van der Waals surface area (Å²) in [5.41, 5.74) is 0.0704. The normalized spacial score (nSPS) is 23.2. The first-order valence-electron chi connectivity index (χ1n) is 14.7. The highest BCUT2D eigenvalue weighted by Crippen LogP contribution is 2.44. The van der Waals surface area contributed by atoms with Gasteiger partial charge in [0, 0.05) is 37.0 Å². The SMILES string of the molecule is Cc1c(Br)c(=O)n(C2CCCC2(F)F)c2nc(Nc3ccc(N4CC5CCC(CC4=O)N5C(=O)OC(C)(C)C)cn3)ncc12. The molecule has 6 rings (SSSR count). The van der Waals surface area contributed by atoms with Gasteiger partial charge < -0.3 is 15.0 Å². The molecule has 234 valence electrons. The van der Waals surface area contributed by atoms with Crippen molar-refractivity contribution < 1.29 is 23.1 Å². The summed E-state index contributed by atoms with van der Waals surface area (Å²) < 4.78 is 36.5. The fraction of sp³-hybridized carbons (Fsp3) is 0.533. The number of rotatable bonds is 4. The van der Waals surface area contributed by atoms with E-state index in [2.05, 4.69) is 36.2 Å². The lowest BCUT2D eigenvalue weighted by Crippen LogP contribution is -2.45. The minimum atomic E-state index is -3.03. The monoisotopic (exact) mass is 673 g/mol. The van der Waals surface area contributed by atoms with Crippen LogP contribution in [0.4, 0.5) is 31.0 Å². The molecule has 14 heteroatoms. The molecule has 2 bridgehead atoms. The number of aryl methyl sites for hydroxylation is 1. The summed E-state index contributed by atoms with van der Waals surface area (Å²) in [4.78, 5) is 56.0. The van der Waals surface area contributed by atoms with Crippen LogP contribution in [-0.4, -0.2) is 66.6 Å². The molecule has 3 aromatic heterocycles. The molecule has 3 fully saturated rings.